The molecule has 2 atom stereocenters. The van der Waals surface area contributed by atoms with Crippen molar-refractivity contribution in [2.45, 2.75) is 31.7 Å². The largest absolute Gasteiger partial charge is 0.481 e. The molecule has 0 fully saturated rings. The van der Waals surface area contributed by atoms with Crippen LogP contribution in [0.15, 0.2) is 48.5 Å². The molecule has 32 heavy (non-hydrogen) atoms. The molecule has 0 heterocycles. The molecule has 9 heteroatoms. The maximum absolute atomic E-state index is 14.1. The number of carbonyl (C=O) groups excluding carboxylic acids is 2. The summed E-state index contributed by atoms with van der Waals surface area (Å²) in [5, 5.41) is 12.8. The Morgan fingerprint density at radius 1 is 1.03 bits per heavy atom. The Morgan fingerprint density at radius 3 is 2.09 bits per heavy atom. The van der Waals surface area contributed by atoms with Crippen LogP contribution in [-0.4, -0.2) is 48.2 Å². The summed E-state index contributed by atoms with van der Waals surface area (Å²) in [6.07, 6.45) is -1.08. The summed E-state index contributed by atoms with van der Waals surface area (Å²) in [6, 6.07) is 14.4. The number of alkyl halides is 2. The highest BCUT2D eigenvalue weighted by Crippen LogP contribution is 2.44. The lowest BCUT2D eigenvalue weighted by Crippen LogP contribution is -2.52. The third-order valence-electron chi connectivity index (χ3n) is 5.63. The van der Waals surface area contributed by atoms with E-state index < -0.39 is 42.4 Å². The number of fused-ring (bicyclic) bond motifs is 3. The Kier molecular flexibility index (Phi) is 6.76. The van der Waals surface area contributed by atoms with Crippen LogP contribution in [0.25, 0.3) is 11.1 Å². The van der Waals surface area contributed by atoms with Crippen molar-refractivity contribution in [1.29, 1.82) is 0 Å². The highest BCUT2D eigenvalue weighted by Gasteiger charge is 2.41. The summed E-state index contributed by atoms with van der Waals surface area (Å²) in [5.74, 6) is -8.10. The van der Waals surface area contributed by atoms with Gasteiger partial charge in [0.25, 0.3) is 5.91 Å². The van der Waals surface area contributed by atoms with Gasteiger partial charge in [0, 0.05) is 12.0 Å². The highest BCUT2D eigenvalue weighted by atomic mass is 19.3. The SMILES string of the molecule is CC(NC(=O)C(F)(F)CNC(=O)OCC1c2ccccc2-c2ccccc21)C(C)C(=O)O. The van der Waals surface area contributed by atoms with Gasteiger partial charge in [0.05, 0.1) is 12.5 Å². The molecule has 2 aromatic rings. The van der Waals surface area contributed by atoms with E-state index in [-0.39, 0.29) is 12.5 Å². The van der Waals surface area contributed by atoms with E-state index in [2.05, 4.69) is 0 Å². The number of alkyl carbamates (subject to hydrolysis) is 1. The number of hydrogen-bond donors (Lipinski definition) is 3. The maximum atomic E-state index is 14.1. The molecule has 1 aliphatic carbocycles. The van der Waals surface area contributed by atoms with Crippen molar-refractivity contribution < 1.29 is 33.0 Å². The molecule has 0 bridgehead atoms. The van der Waals surface area contributed by atoms with Gasteiger partial charge in [-0.2, -0.15) is 8.78 Å². The van der Waals surface area contributed by atoms with Crippen molar-refractivity contribution in [3.8, 4) is 11.1 Å². The van der Waals surface area contributed by atoms with Gasteiger partial charge in [0.1, 0.15) is 6.61 Å². The lowest BCUT2D eigenvalue weighted by atomic mass is 9.98. The van der Waals surface area contributed by atoms with Crippen molar-refractivity contribution >= 4 is 18.0 Å². The average Bonchev–Trinajstić information content (AvgIpc) is 3.09. The molecule has 0 saturated heterocycles. The zero-order chi connectivity index (χ0) is 23.5. The molecule has 0 aliphatic heterocycles. The summed E-state index contributed by atoms with van der Waals surface area (Å²) in [6.45, 7) is 1.28. The molecule has 170 valence electrons. The predicted molar refractivity (Wildman–Crippen MR) is 112 cm³/mol. The van der Waals surface area contributed by atoms with Crippen LogP contribution in [0.3, 0.4) is 0 Å². The van der Waals surface area contributed by atoms with Crippen LogP contribution >= 0.6 is 0 Å². The van der Waals surface area contributed by atoms with E-state index in [0.717, 1.165) is 22.3 Å². The minimum absolute atomic E-state index is 0.0508. The van der Waals surface area contributed by atoms with E-state index in [9.17, 15) is 23.2 Å². The van der Waals surface area contributed by atoms with Crippen LogP contribution in [0, 0.1) is 5.92 Å². The van der Waals surface area contributed by atoms with Crippen LogP contribution in [-0.2, 0) is 14.3 Å². The minimum Gasteiger partial charge on any atom is -0.481 e. The number of carboxylic acids is 1. The van der Waals surface area contributed by atoms with Gasteiger partial charge in [-0.15, -0.1) is 0 Å². The van der Waals surface area contributed by atoms with Crippen molar-refractivity contribution in [1.82, 2.24) is 10.6 Å². The highest BCUT2D eigenvalue weighted by molar-refractivity contribution is 5.85. The fourth-order valence-corrected chi connectivity index (χ4v) is 3.56. The minimum atomic E-state index is -3.93. The average molecular weight is 446 g/mol. The van der Waals surface area contributed by atoms with Crippen LogP contribution in [0.4, 0.5) is 13.6 Å². The molecule has 2 unspecified atom stereocenters. The quantitative estimate of drug-likeness (QED) is 0.577. The standard InChI is InChI=1S/C23H24F2N2O5/c1-13(20(28)29)14(2)27-21(30)23(24,25)12-26-22(31)32-11-19-17-9-5-3-7-15(17)16-8-4-6-10-18(16)19/h3-10,13-14,19H,11-12H2,1-2H3,(H,26,31)(H,27,30)(H,28,29). The van der Waals surface area contributed by atoms with Crippen molar-refractivity contribution in [3.63, 3.8) is 0 Å². The number of rotatable bonds is 8. The van der Waals surface area contributed by atoms with Gasteiger partial charge in [-0.3, -0.25) is 9.59 Å². The first kappa shape index (κ1) is 23.2. The van der Waals surface area contributed by atoms with Crippen molar-refractivity contribution in [3.05, 3.63) is 59.7 Å². The molecule has 0 radical (unpaired) electrons. The van der Waals surface area contributed by atoms with E-state index in [1.54, 1.807) is 0 Å². The van der Waals surface area contributed by atoms with Crippen LogP contribution in [0.1, 0.15) is 30.9 Å². The third kappa shape index (κ3) is 4.87. The number of aliphatic carboxylic acids is 1. The first-order valence-electron chi connectivity index (χ1n) is 10.1. The number of halogens is 2. The summed E-state index contributed by atoms with van der Waals surface area (Å²) in [5.41, 5.74) is 4.02. The van der Waals surface area contributed by atoms with Gasteiger partial charge in [-0.25, -0.2) is 4.79 Å². The first-order chi connectivity index (χ1) is 15.1. The van der Waals surface area contributed by atoms with Crippen molar-refractivity contribution in [2.75, 3.05) is 13.2 Å². The zero-order valence-corrected chi connectivity index (χ0v) is 17.6. The second kappa shape index (κ2) is 9.33. The number of amides is 2. The Labute approximate surface area is 183 Å². The maximum Gasteiger partial charge on any atom is 0.407 e. The van der Waals surface area contributed by atoms with Gasteiger partial charge < -0.3 is 20.5 Å². The topological polar surface area (TPSA) is 105 Å². The number of benzene rings is 2. The lowest BCUT2D eigenvalue weighted by Gasteiger charge is -2.22. The molecule has 3 rings (SSSR count). The zero-order valence-electron chi connectivity index (χ0n) is 17.6. The van der Waals surface area contributed by atoms with Gasteiger partial charge in [-0.05, 0) is 36.1 Å². The Hall–Kier alpha value is -3.49. The summed E-state index contributed by atoms with van der Waals surface area (Å²) in [4.78, 5) is 34.8. The molecule has 2 aromatic carbocycles. The summed E-state index contributed by atoms with van der Waals surface area (Å²) >= 11 is 0. The molecule has 1 aliphatic rings. The van der Waals surface area contributed by atoms with Crippen LogP contribution in [0.2, 0.25) is 0 Å². The van der Waals surface area contributed by atoms with Gasteiger partial charge >= 0.3 is 18.0 Å². The van der Waals surface area contributed by atoms with E-state index in [1.807, 2.05) is 59.2 Å². The lowest BCUT2D eigenvalue weighted by molar-refractivity contribution is -0.147. The Bertz CT molecular complexity index is 981. The van der Waals surface area contributed by atoms with Crippen molar-refractivity contribution in [2.24, 2.45) is 5.92 Å². The fourth-order valence-electron chi connectivity index (χ4n) is 3.56. The predicted octanol–water partition coefficient (Wildman–Crippen LogP) is 3.39. The van der Waals surface area contributed by atoms with E-state index in [1.165, 1.54) is 13.8 Å². The van der Waals surface area contributed by atoms with E-state index in [0.29, 0.717) is 0 Å². The number of nitrogens with one attached hydrogen (secondary N) is 2. The summed E-state index contributed by atoms with van der Waals surface area (Å²) in [7, 11) is 0. The van der Waals surface area contributed by atoms with E-state index >= 15 is 0 Å². The van der Waals surface area contributed by atoms with E-state index in [4.69, 9.17) is 9.84 Å². The molecule has 3 N–H and O–H groups in total. The summed E-state index contributed by atoms with van der Waals surface area (Å²) < 4.78 is 33.4. The number of carboxylic acid groups (broad SMARTS) is 1. The Morgan fingerprint density at radius 2 is 1.56 bits per heavy atom. The fraction of sp³-hybridized carbons (Fsp3) is 0.348. The molecular formula is C23H24F2N2O5. The second-order valence-corrected chi connectivity index (χ2v) is 7.77. The Balaban J connectivity index is 1.55. The molecule has 0 aromatic heterocycles. The molecule has 0 spiro atoms. The molecule has 0 saturated carbocycles. The third-order valence-corrected chi connectivity index (χ3v) is 5.63. The number of hydrogen-bond acceptors (Lipinski definition) is 4. The molecule has 7 nitrogen and oxygen atoms in total. The first-order valence-corrected chi connectivity index (χ1v) is 10.1. The van der Waals surface area contributed by atoms with Crippen LogP contribution < -0.4 is 10.6 Å². The second-order valence-electron chi connectivity index (χ2n) is 7.77. The van der Waals surface area contributed by atoms with Crippen LogP contribution in [0.5, 0.6) is 0 Å². The molecule has 2 amide bonds. The normalized spacial score (nSPS) is 14.6. The number of ether oxygens (including phenoxy) is 1. The van der Waals surface area contributed by atoms with Gasteiger partial charge in [0.2, 0.25) is 0 Å². The molecular weight excluding hydrogens is 422 g/mol. The number of carbonyl (C=O) groups is 3. The van der Waals surface area contributed by atoms with Gasteiger partial charge in [0.15, 0.2) is 0 Å². The monoisotopic (exact) mass is 446 g/mol. The smallest absolute Gasteiger partial charge is 0.407 e. The van der Waals surface area contributed by atoms with Gasteiger partial charge in [-0.1, -0.05) is 48.5 Å².